The normalized spacial score (nSPS) is 11.4. The van der Waals surface area contributed by atoms with Crippen LogP contribution in [0.15, 0.2) is 48.5 Å². The molecule has 0 amide bonds. The van der Waals surface area contributed by atoms with Crippen LogP contribution in [0.3, 0.4) is 0 Å². The van der Waals surface area contributed by atoms with Crippen LogP contribution in [0.2, 0.25) is 0 Å². The third kappa shape index (κ3) is 5.70. The van der Waals surface area contributed by atoms with E-state index in [0.29, 0.717) is 22.8 Å². The number of methoxy groups -OCH3 is 2. The van der Waals surface area contributed by atoms with E-state index in [1.54, 1.807) is 48.5 Å². The third-order valence-electron chi connectivity index (χ3n) is 3.88. The zero-order chi connectivity index (χ0) is 20.6. The van der Waals surface area contributed by atoms with E-state index in [9.17, 15) is 9.36 Å². The van der Waals surface area contributed by atoms with Gasteiger partial charge < -0.3 is 23.3 Å². The molecule has 0 spiro atoms. The van der Waals surface area contributed by atoms with Gasteiger partial charge in [0.15, 0.2) is 11.5 Å². The largest absolute Gasteiger partial charge is 0.493 e. The van der Waals surface area contributed by atoms with Crippen molar-refractivity contribution in [1.29, 1.82) is 0 Å². The molecule has 0 N–H and O–H groups in total. The molecule has 0 heterocycles. The fourth-order valence-corrected chi connectivity index (χ4v) is 3.46. The van der Waals surface area contributed by atoms with Gasteiger partial charge in [-0.25, -0.2) is 4.79 Å². The second kappa shape index (κ2) is 10.1. The Bertz CT molecular complexity index is 884. The van der Waals surface area contributed by atoms with Crippen LogP contribution in [0.25, 0.3) is 6.08 Å². The fourth-order valence-electron chi connectivity index (χ4n) is 2.41. The molecule has 0 unspecified atom stereocenters. The van der Waals surface area contributed by atoms with Crippen molar-refractivity contribution in [3.05, 3.63) is 59.7 Å². The number of hydrogen-bond acceptors (Lipinski definition) is 7. The van der Waals surface area contributed by atoms with Gasteiger partial charge in [-0.3, -0.25) is 4.57 Å². The molecule has 150 valence electrons. The molecule has 0 saturated heterocycles. The maximum Gasteiger partial charge on any atom is 0.334 e. The second-order valence-electron chi connectivity index (χ2n) is 5.62. The quantitative estimate of drug-likeness (QED) is 0.340. The molecule has 0 fully saturated rings. The van der Waals surface area contributed by atoms with Gasteiger partial charge in [0.25, 0.3) is 0 Å². The van der Waals surface area contributed by atoms with Crippen molar-refractivity contribution in [1.82, 2.24) is 0 Å². The number of benzene rings is 2. The highest BCUT2D eigenvalue weighted by Gasteiger charge is 2.22. The van der Waals surface area contributed by atoms with Gasteiger partial charge in [0.1, 0.15) is 5.75 Å². The maximum absolute atomic E-state index is 12.4. The zero-order valence-corrected chi connectivity index (χ0v) is 17.1. The Morgan fingerprint density at radius 3 is 2.39 bits per heavy atom. The van der Waals surface area contributed by atoms with E-state index in [2.05, 4.69) is 4.74 Å². The van der Waals surface area contributed by atoms with Crippen molar-refractivity contribution in [3.8, 4) is 17.2 Å². The number of esters is 1. The lowest BCUT2D eigenvalue weighted by atomic mass is 10.1. The molecule has 0 atom stereocenters. The number of carbonyl (C=O) groups is 1. The number of carbonyl (C=O) groups excluding carboxylic acids is 1. The van der Waals surface area contributed by atoms with Crippen molar-refractivity contribution in [2.45, 2.75) is 6.16 Å². The first kappa shape index (κ1) is 21.7. The molecule has 7 nitrogen and oxygen atoms in total. The van der Waals surface area contributed by atoms with E-state index in [-0.39, 0.29) is 6.16 Å². The summed E-state index contributed by atoms with van der Waals surface area (Å²) in [4.78, 5) is 11.4. The molecule has 0 aromatic heterocycles. The Hall–Kier alpha value is -2.60. The molecule has 28 heavy (non-hydrogen) atoms. The summed E-state index contributed by atoms with van der Waals surface area (Å²) in [5.74, 6) is 0.958. The lowest BCUT2D eigenvalue weighted by molar-refractivity contribution is -0.134. The minimum absolute atomic E-state index is 0.109. The van der Waals surface area contributed by atoms with E-state index in [0.717, 1.165) is 5.56 Å². The average Bonchev–Trinajstić information content (AvgIpc) is 2.72. The van der Waals surface area contributed by atoms with E-state index < -0.39 is 13.6 Å². The van der Waals surface area contributed by atoms with Crippen molar-refractivity contribution < 1.29 is 32.6 Å². The molecule has 2 rings (SSSR count). The minimum atomic E-state index is -3.20. The van der Waals surface area contributed by atoms with Gasteiger partial charge >= 0.3 is 13.6 Å². The van der Waals surface area contributed by atoms with Gasteiger partial charge in [-0.2, -0.15) is 0 Å². The number of para-hydroxylation sites is 1. The minimum Gasteiger partial charge on any atom is -0.493 e. The zero-order valence-electron chi connectivity index (χ0n) is 16.2. The van der Waals surface area contributed by atoms with E-state index in [4.69, 9.17) is 18.5 Å². The molecule has 2 aromatic carbocycles. The van der Waals surface area contributed by atoms with Gasteiger partial charge in [0.2, 0.25) is 0 Å². The molecule has 0 saturated carbocycles. The van der Waals surface area contributed by atoms with Gasteiger partial charge in [-0.15, -0.1) is 0 Å². The van der Waals surface area contributed by atoms with Crippen molar-refractivity contribution in [2.75, 3.05) is 28.4 Å². The molecular weight excluding hydrogens is 383 g/mol. The summed E-state index contributed by atoms with van der Waals surface area (Å²) in [6.07, 6.45) is 2.99. The average molecular weight is 406 g/mol. The number of rotatable bonds is 9. The summed E-state index contributed by atoms with van der Waals surface area (Å²) in [6.45, 7) is 0. The molecule has 0 radical (unpaired) electrons. The van der Waals surface area contributed by atoms with E-state index >= 15 is 0 Å². The highest BCUT2D eigenvalue weighted by Crippen LogP contribution is 2.50. The van der Waals surface area contributed by atoms with Crippen LogP contribution in [0.5, 0.6) is 17.2 Å². The smallest absolute Gasteiger partial charge is 0.334 e. The first-order chi connectivity index (χ1) is 13.4. The molecule has 0 bridgehead atoms. The van der Waals surface area contributed by atoms with Crippen LogP contribution >= 0.6 is 7.60 Å². The molecule has 0 aliphatic carbocycles. The Balaban J connectivity index is 2.35. The highest BCUT2D eigenvalue weighted by atomic mass is 31.2. The van der Waals surface area contributed by atoms with Crippen molar-refractivity contribution in [3.63, 3.8) is 0 Å². The highest BCUT2D eigenvalue weighted by molar-refractivity contribution is 7.52. The summed E-state index contributed by atoms with van der Waals surface area (Å²) in [5.41, 5.74) is 1.36. The van der Waals surface area contributed by atoms with Crippen LogP contribution in [0.4, 0.5) is 0 Å². The van der Waals surface area contributed by atoms with Crippen molar-refractivity contribution >= 4 is 19.6 Å². The summed E-state index contributed by atoms with van der Waals surface area (Å²) in [5, 5.41) is 0. The molecular formula is C20H23O7P. The summed E-state index contributed by atoms with van der Waals surface area (Å²) < 4.78 is 38.4. The van der Waals surface area contributed by atoms with E-state index in [1.165, 1.54) is 34.5 Å². The SMILES string of the molecule is COC(=O)/C=C/c1cccc(OC)c1Oc1cccc(CP(=O)(OC)OC)c1. The predicted molar refractivity (Wildman–Crippen MR) is 106 cm³/mol. The van der Waals surface area contributed by atoms with Gasteiger partial charge in [-0.05, 0) is 29.8 Å². The lowest BCUT2D eigenvalue weighted by Crippen LogP contribution is -1.97. The van der Waals surface area contributed by atoms with Crippen LogP contribution in [-0.2, 0) is 29.3 Å². The summed E-state index contributed by atoms with van der Waals surface area (Å²) >= 11 is 0. The maximum atomic E-state index is 12.4. The van der Waals surface area contributed by atoms with Crippen LogP contribution in [0.1, 0.15) is 11.1 Å². The molecule has 2 aromatic rings. The topological polar surface area (TPSA) is 80.3 Å². The van der Waals surface area contributed by atoms with Gasteiger partial charge in [0.05, 0.1) is 20.4 Å². The fraction of sp³-hybridized carbons (Fsp3) is 0.250. The standard InChI is InChI=1S/C20H23O7P/c1-23-18-10-6-8-16(11-12-19(21)24-2)20(18)27-17-9-5-7-15(13-17)14-28(22,25-3)26-4/h5-13H,14H2,1-4H3/b12-11+. The van der Waals surface area contributed by atoms with Crippen LogP contribution in [0, 0.1) is 0 Å². The predicted octanol–water partition coefficient (Wildman–Crippen LogP) is 4.66. The second-order valence-corrected chi connectivity index (χ2v) is 7.89. The Kier molecular flexibility index (Phi) is 7.81. The Morgan fingerprint density at radius 1 is 1.04 bits per heavy atom. The lowest BCUT2D eigenvalue weighted by Gasteiger charge is -2.16. The Morgan fingerprint density at radius 2 is 1.75 bits per heavy atom. The molecule has 8 heteroatoms. The monoisotopic (exact) mass is 406 g/mol. The molecule has 0 aliphatic rings. The summed E-state index contributed by atoms with van der Waals surface area (Å²) in [6, 6.07) is 12.4. The number of hydrogen-bond donors (Lipinski definition) is 0. The Labute approximate surface area is 164 Å². The van der Waals surface area contributed by atoms with Crippen LogP contribution in [-0.4, -0.2) is 34.4 Å². The first-order valence-corrected chi connectivity index (χ1v) is 10.1. The van der Waals surface area contributed by atoms with E-state index in [1.807, 2.05) is 0 Å². The third-order valence-corrected chi connectivity index (χ3v) is 5.75. The summed E-state index contributed by atoms with van der Waals surface area (Å²) in [7, 11) is 2.33. The van der Waals surface area contributed by atoms with Crippen molar-refractivity contribution in [2.24, 2.45) is 0 Å². The van der Waals surface area contributed by atoms with Crippen LogP contribution < -0.4 is 9.47 Å². The van der Waals surface area contributed by atoms with Gasteiger partial charge in [-0.1, -0.05) is 24.3 Å². The van der Waals surface area contributed by atoms with Gasteiger partial charge in [0, 0.05) is 25.9 Å². The first-order valence-electron chi connectivity index (χ1n) is 8.35. The number of ether oxygens (including phenoxy) is 3. The molecule has 0 aliphatic heterocycles.